The Morgan fingerprint density at radius 3 is 2.23 bits per heavy atom. The molecule has 1 aliphatic carbocycles. The summed E-state index contributed by atoms with van der Waals surface area (Å²) in [5.74, 6) is -0.0436. The van der Waals surface area contributed by atoms with Gasteiger partial charge in [-0.1, -0.05) is 32.6 Å². The lowest BCUT2D eigenvalue weighted by atomic mass is 10.0. The van der Waals surface area contributed by atoms with Crippen LogP contribution >= 0.6 is 0 Å². The number of nitrogens with one attached hydrogen (secondary N) is 3. The monoisotopic (exact) mass is 359 g/mol. The molecule has 1 saturated carbocycles. The van der Waals surface area contributed by atoms with Gasteiger partial charge in [0.1, 0.15) is 0 Å². The highest BCUT2D eigenvalue weighted by atomic mass is 16.2. The van der Waals surface area contributed by atoms with Crippen LogP contribution in [0.2, 0.25) is 0 Å². The second kappa shape index (κ2) is 9.60. The number of benzene rings is 1. The topological polar surface area (TPSA) is 70.2 Å². The van der Waals surface area contributed by atoms with Crippen molar-refractivity contribution in [3.63, 3.8) is 0 Å². The first-order chi connectivity index (χ1) is 12.4. The maximum atomic E-state index is 12.3. The lowest BCUT2D eigenvalue weighted by Gasteiger charge is -2.24. The Hall–Kier alpha value is -2.04. The minimum absolute atomic E-state index is 0.0309. The molecule has 5 heteroatoms. The third-order valence-electron chi connectivity index (χ3n) is 5.16. The summed E-state index contributed by atoms with van der Waals surface area (Å²) in [4.78, 5) is 24.4. The zero-order chi connectivity index (χ0) is 19.0. The van der Waals surface area contributed by atoms with E-state index in [4.69, 9.17) is 0 Å². The summed E-state index contributed by atoms with van der Waals surface area (Å²) >= 11 is 0. The Kier molecular flexibility index (Phi) is 7.49. The molecule has 0 aromatic heterocycles. The Morgan fingerprint density at radius 1 is 1.04 bits per heavy atom. The summed E-state index contributed by atoms with van der Waals surface area (Å²) in [6.07, 6.45) is 8.01. The standard InChI is InChI=1S/C21H33N3O2/c1-4-21(2,3)24-20(26)16-11-13-17(14-12-16)22-15-19(25)23-18-9-7-5-6-8-10-18/h11-14,18,22H,4-10,15H2,1-3H3,(H,23,25)(H,24,26). The van der Waals surface area contributed by atoms with Crippen molar-refractivity contribution in [3.05, 3.63) is 29.8 Å². The van der Waals surface area contributed by atoms with Gasteiger partial charge in [-0.2, -0.15) is 0 Å². The molecule has 0 heterocycles. The highest BCUT2D eigenvalue weighted by Gasteiger charge is 2.18. The SMILES string of the molecule is CCC(C)(C)NC(=O)c1ccc(NCC(=O)NC2CCCCCC2)cc1. The van der Waals surface area contributed by atoms with Crippen LogP contribution in [0, 0.1) is 0 Å². The molecule has 0 aliphatic heterocycles. The van der Waals surface area contributed by atoms with E-state index in [0.717, 1.165) is 24.9 Å². The van der Waals surface area contributed by atoms with E-state index in [2.05, 4.69) is 16.0 Å². The molecule has 2 rings (SSSR count). The molecule has 1 aromatic carbocycles. The van der Waals surface area contributed by atoms with Crippen LogP contribution in [0.5, 0.6) is 0 Å². The van der Waals surface area contributed by atoms with Crippen molar-refractivity contribution < 1.29 is 9.59 Å². The van der Waals surface area contributed by atoms with Gasteiger partial charge in [0.05, 0.1) is 6.54 Å². The van der Waals surface area contributed by atoms with Gasteiger partial charge in [-0.25, -0.2) is 0 Å². The van der Waals surface area contributed by atoms with Gasteiger partial charge >= 0.3 is 0 Å². The van der Waals surface area contributed by atoms with Crippen molar-refractivity contribution in [2.75, 3.05) is 11.9 Å². The summed E-state index contributed by atoms with van der Waals surface area (Å²) in [7, 11) is 0. The molecule has 0 spiro atoms. The largest absolute Gasteiger partial charge is 0.376 e. The van der Waals surface area contributed by atoms with Crippen LogP contribution in [-0.4, -0.2) is 29.9 Å². The Bertz CT molecular complexity index is 588. The van der Waals surface area contributed by atoms with Gasteiger partial charge < -0.3 is 16.0 Å². The molecule has 3 N–H and O–H groups in total. The van der Waals surface area contributed by atoms with E-state index >= 15 is 0 Å². The molecular formula is C21H33N3O2. The minimum Gasteiger partial charge on any atom is -0.376 e. The zero-order valence-corrected chi connectivity index (χ0v) is 16.4. The first-order valence-electron chi connectivity index (χ1n) is 9.85. The van der Waals surface area contributed by atoms with E-state index in [-0.39, 0.29) is 23.9 Å². The van der Waals surface area contributed by atoms with Gasteiger partial charge in [0.2, 0.25) is 5.91 Å². The quantitative estimate of drug-likeness (QED) is 0.648. The van der Waals surface area contributed by atoms with E-state index in [0.29, 0.717) is 11.6 Å². The van der Waals surface area contributed by atoms with Gasteiger partial charge in [0.25, 0.3) is 5.91 Å². The van der Waals surface area contributed by atoms with Crippen molar-refractivity contribution in [1.29, 1.82) is 0 Å². The number of carbonyl (C=O) groups excluding carboxylic acids is 2. The van der Waals surface area contributed by atoms with E-state index in [1.165, 1.54) is 25.7 Å². The van der Waals surface area contributed by atoms with Crippen molar-refractivity contribution in [3.8, 4) is 0 Å². The van der Waals surface area contributed by atoms with Crippen molar-refractivity contribution in [2.24, 2.45) is 0 Å². The fourth-order valence-electron chi connectivity index (χ4n) is 3.09. The second-order valence-corrected chi connectivity index (χ2v) is 7.88. The number of amides is 2. The predicted molar refractivity (Wildman–Crippen MR) is 106 cm³/mol. The second-order valence-electron chi connectivity index (χ2n) is 7.88. The van der Waals surface area contributed by atoms with Crippen molar-refractivity contribution >= 4 is 17.5 Å². The Morgan fingerprint density at radius 2 is 1.65 bits per heavy atom. The Labute approximate surface area is 157 Å². The van der Waals surface area contributed by atoms with Crippen molar-refractivity contribution in [2.45, 2.75) is 77.3 Å². The molecule has 144 valence electrons. The van der Waals surface area contributed by atoms with Gasteiger partial charge in [-0.3, -0.25) is 9.59 Å². The normalized spacial score (nSPS) is 15.8. The van der Waals surface area contributed by atoms with E-state index in [1.807, 2.05) is 32.9 Å². The Balaban J connectivity index is 1.79. The van der Waals surface area contributed by atoms with Crippen LogP contribution in [0.3, 0.4) is 0 Å². The fraction of sp³-hybridized carbons (Fsp3) is 0.619. The fourth-order valence-corrected chi connectivity index (χ4v) is 3.09. The number of hydrogen-bond donors (Lipinski definition) is 3. The molecule has 0 saturated heterocycles. The first kappa shape index (κ1) is 20.3. The van der Waals surface area contributed by atoms with Crippen LogP contribution in [0.4, 0.5) is 5.69 Å². The molecule has 5 nitrogen and oxygen atoms in total. The molecule has 2 amide bonds. The molecule has 1 aromatic rings. The molecule has 1 fully saturated rings. The average molecular weight is 360 g/mol. The van der Waals surface area contributed by atoms with Gasteiger partial charge in [-0.15, -0.1) is 0 Å². The van der Waals surface area contributed by atoms with Crippen molar-refractivity contribution in [1.82, 2.24) is 10.6 Å². The zero-order valence-electron chi connectivity index (χ0n) is 16.4. The smallest absolute Gasteiger partial charge is 0.251 e. The summed E-state index contributed by atoms with van der Waals surface area (Å²) in [6.45, 7) is 6.32. The lowest BCUT2D eigenvalue weighted by molar-refractivity contribution is -0.120. The maximum Gasteiger partial charge on any atom is 0.251 e. The molecule has 26 heavy (non-hydrogen) atoms. The minimum atomic E-state index is -0.218. The van der Waals surface area contributed by atoms with E-state index < -0.39 is 0 Å². The van der Waals surface area contributed by atoms with Gasteiger partial charge in [0.15, 0.2) is 0 Å². The van der Waals surface area contributed by atoms with Crippen LogP contribution in [0.1, 0.15) is 76.1 Å². The maximum absolute atomic E-state index is 12.3. The lowest BCUT2D eigenvalue weighted by Crippen LogP contribution is -2.42. The molecule has 0 unspecified atom stereocenters. The van der Waals surface area contributed by atoms with Crippen LogP contribution in [0.25, 0.3) is 0 Å². The summed E-state index contributed by atoms with van der Waals surface area (Å²) < 4.78 is 0. The third kappa shape index (κ3) is 6.70. The molecule has 0 atom stereocenters. The number of rotatable bonds is 7. The van der Waals surface area contributed by atoms with Gasteiger partial charge in [-0.05, 0) is 57.4 Å². The summed E-state index contributed by atoms with van der Waals surface area (Å²) in [5, 5.41) is 9.28. The number of carbonyl (C=O) groups is 2. The molecular weight excluding hydrogens is 326 g/mol. The van der Waals surface area contributed by atoms with Crippen LogP contribution in [0.15, 0.2) is 24.3 Å². The molecule has 0 radical (unpaired) electrons. The van der Waals surface area contributed by atoms with Crippen LogP contribution in [-0.2, 0) is 4.79 Å². The third-order valence-corrected chi connectivity index (χ3v) is 5.16. The summed E-state index contributed by atoms with van der Waals surface area (Å²) in [6, 6.07) is 7.57. The molecule has 1 aliphatic rings. The summed E-state index contributed by atoms with van der Waals surface area (Å²) in [5.41, 5.74) is 1.25. The highest BCUT2D eigenvalue weighted by Crippen LogP contribution is 2.17. The van der Waals surface area contributed by atoms with Gasteiger partial charge in [0, 0.05) is 22.8 Å². The number of hydrogen-bond acceptors (Lipinski definition) is 3. The van der Waals surface area contributed by atoms with Crippen LogP contribution < -0.4 is 16.0 Å². The predicted octanol–water partition coefficient (Wildman–Crippen LogP) is 3.86. The first-order valence-corrected chi connectivity index (χ1v) is 9.85. The van der Waals surface area contributed by atoms with E-state index in [1.54, 1.807) is 12.1 Å². The van der Waals surface area contributed by atoms with E-state index in [9.17, 15) is 9.59 Å². The highest BCUT2D eigenvalue weighted by molar-refractivity contribution is 5.95. The molecule has 0 bridgehead atoms. The number of anilines is 1. The average Bonchev–Trinajstić information content (AvgIpc) is 2.88.